The van der Waals surface area contributed by atoms with Crippen LogP contribution in [0.2, 0.25) is 0 Å². The Morgan fingerprint density at radius 3 is 2.56 bits per heavy atom. The summed E-state index contributed by atoms with van der Waals surface area (Å²) in [6, 6.07) is 7.91. The Morgan fingerprint density at radius 1 is 1.06 bits per heavy atom. The van der Waals surface area contributed by atoms with E-state index in [1.165, 1.54) is 25.7 Å². The van der Waals surface area contributed by atoms with E-state index in [9.17, 15) is 0 Å². The maximum atomic E-state index is 6.21. The third kappa shape index (κ3) is 3.64. The minimum atomic E-state index is 0.136. The first-order valence-corrected chi connectivity index (χ1v) is 6.86. The van der Waals surface area contributed by atoms with Gasteiger partial charge in [-0.1, -0.05) is 25.3 Å². The number of ether oxygens (including phenoxy) is 2. The fraction of sp³-hybridized carbons (Fsp3) is 0.600. The molecule has 2 N–H and O–H groups in total. The van der Waals surface area contributed by atoms with E-state index < -0.39 is 0 Å². The summed E-state index contributed by atoms with van der Waals surface area (Å²) in [7, 11) is 1.67. The quantitative estimate of drug-likeness (QED) is 0.895. The molecule has 0 bridgehead atoms. The van der Waals surface area contributed by atoms with E-state index in [0.717, 1.165) is 24.3 Å². The topological polar surface area (TPSA) is 44.5 Å². The molecule has 1 aliphatic carbocycles. The van der Waals surface area contributed by atoms with Crippen LogP contribution < -0.4 is 15.2 Å². The number of nitrogens with two attached hydrogens (primary N) is 1. The van der Waals surface area contributed by atoms with Crippen LogP contribution in [0.5, 0.6) is 11.5 Å². The summed E-state index contributed by atoms with van der Waals surface area (Å²) in [6.45, 7) is 0. The summed E-state index contributed by atoms with van der Waals surface area (Å²) in [5.74, 6) is 1.68. The smallest absolute Gasteiger partial charge is 0.123 e. The molecule has 0 heterocycles. The van der Waals surface area contributed by atoms with Gasteiger partial charge in [-0.15, -0.1) is 0 Å². The van der Waals surface area contributed by atoms with E-state index in [2.05, 4.69) is 0 Å². The second kappa shape index (κ2) is 6.64. The molecule has 0 saturated heterocycles. The Morgan fingerprint density at radius 2 is 1.78 bits per heavy atom. The van der Waals surface area contributed by atoms with Gasteiger partial charge in [0.1, 0.15) is 17.6 Å². The van der Waals surface area contributed by atoms with Gasteiger partial charge in [0, 0.05) is 12.1 Å². The number of hydrogen-bond donors (Lipinski definition) is 1. The first-order valence-electron chi connectivity index (χ1n) is 6.86. The summed E-state index contributed by atoms with van der Waals surface area (Å²) in [5, 5.41) is 0. The standard InChI is InChI=1S/C15H23NO2/c1-17-12-7-6-8-13(11-12)18-15-10-5-3-2-4-9-14(15)16/h6-8,11,14-15H,2-5,9-10,16H2,1H3/t14-,15+/m0/s1. The summed E-state index contributed by atoms with van der Waals surface area (Å²) in [5.41, 5.74) is 6.21. The van der Waals surface area contributed by atoms with Gasteiger partial charge in [-0.2, -0.15) is 0 Å². The van der Waals surface area contributed by atoms with Gasteiger partial charge in [0.05, 0.1) is 7.11 Å². The first-order chi connectivity index (χ1) is 8.79. The lowest BCUT2D eigenvalue weighted by Gasteiger charge is -2.27. The fourth-order valence-electron chi connectivity index (χ4n) is 2.47. The van der Waals surface area contributed by atoms with Crippen LogP contribution in [0.25, 0.3) is 0 Å². The van der Waals surface area contributed by atoms with Crippen molar-refractivity contribution in [3.05, 3.63) is 24.3 Å². The second-order valence-corrected chi connectivity index (χ2v) is 4.99. The molecule has 0 aliphatic heterocycles. The molecule has 3 heteroatoms. The average molecular weight is 249 g/mol. The van der Waals surface area contributed by atoms with Crippen LogP contribution >= 0.6 is 0 Å². The van der Waals surface area contributed by atoms with Crippen LogP contribution in [-0.4, -0.2) is 19.3 Å². The van der Waals surface area contributed by atoms with Gasteiger partial charge in [0.25, 0.3) is 0 Å². The van der Waals surface area contributed by atoms with Gasteiger partial charge >= 0.3 is 0 Å². The van der Waals surface area contributed by atoms with Crippen molar-refractivity contribution in [3.8, 4) is 11.5 Å². The van der Waals surface area contributed by atoms with Crippen LogP contribution in [0.3, 0.4) is 0 Å². The van der Waals surface area contributed by atoms with E-state index in [-0.39, 0.29) is 12.1 Å². The van der Waals surface area contributed by atoms with Crippen molar-refractivity contribution < 1.29 is 9.47 Å². The van der Waals surface area contributed by atoms with Gasteiger partial charge in [0.15, 0.2) is 0 Å². The molecule has 0 radical (unpaired) electrons. The zero-order chi connectivity index (χ0) is 12.8. The Kier molecular flexibility index (Phi) is 4.88. The molecule has 1 aromatic carbocycles. The maximum absolute atomic E-state index is 6.21. The zero-order valence-electron chi connectivity index (χ0n) is 11.1. The fourth-order valence-corrected chi connectivity index (χ4v) is 2.47. The molecule has 1 aromatic rings. The molecule has 2 rings (SSSR count). The summed E-state index contributed by atoms with van der Waals surface area (Å²) in [4.78, 5) is 0. The van der Waals surface area contributed by atoms with Crippen molar-refractivity contribution in [2.45, 2.75) is 50.7 Å². The SMILES string of the molecule is COc1cccc(O[C@@H]2CCCCCC[C@@H]2N)c1. The molecular formula is C15H23NO2. The van der Waals surface area contributed by atoms with Gasteiger partial charge in [-0.05, 0) is 31.4 Å². The highest BCUT2D eigenvalue weighted by molar-refractivity contribution is 5.33. The van der Waals surface area contributed by atoms with Gasteiger partial charge < -0.3 is 15.2 Å². The molecule has 0 aromatic heterocycles. The van der Waals surface area contributed by atoms with Gasteiger partial charge in [-0.3, -0.25) is 0 Å². The Hall–Kier alpha value is -1.22. The van der Waals surface area contributed by atoms with E-state index in [1.54, 1.807) is 7.11 Å². The molecule has 18 heavy (non-hydrogen) atoms. The van der Waals surface area contributed by atoms with Crippen molar-refractivity contribution in [3.63, 3.8) is 0 Å². The van der Waals surface area contributed by atoms with Crippen LogP contribution in [0.1, 0.15) is 38.5 Å². The normalized spacial score (nSPS) is 25.0. The minimum Gasteiger partial charge on any atom is -0.497 e. The number of methoxy groups -OCH3 is 1. The van der Waals surface area contributed by atoms with Crippen LogP contribution in [0.15, 0.2) is 24.3 Å². The second-order valence-electron chi connectivity index (χ2n) is 4.99. The molecule has 3 nitrogen and oxygen atoms in total. The lowest BCUT2D eigenvalue weighted by Crippen LogP contribution is -2.39. The van der Waals surface area contributed by atoms with E-state index in [4.69, 9.17) is 15.2 Å². The average Bonchev–Trinajstić information content (AvgIpc) is 2.39. The number of hydrogen-bond acceptors (Lipinski definition) is 3. The Labute approximate surface area is 109 Å². The first kappa shape index (κ1) is 13.2. The highest BCUT2D eigenvalue weighted by Gasteiger charge is 2.21. The van der Waals surface area contributed by atoms with Gasteiger partial charge in [-0.25, -0.2) is 0 Å². The maximum Gasteiger partial charge on any atom is 0.123 e. The Bertz CT molecular complexity index is 367. The lowest BCUT2D eigenvalue weighted by atomic mass is 9.95. The van der Waals surface area contributed by atoms with Crippen molar-refractivity contribution >= 4 is 0 Å². The minimum absolute atomic E-state index is 0.136. The van der Waals surface area contributed by atoms with E-state index >= 15 is 0 Å². The number of benzene rings is 1. The molecule has 1 aliphatic rings. The molecule has 100 valence electrons. The third-order valence-electron chi connectivity index (χ3n) is 3.58. The van der Waals surface area contributed by atoms with Gasteiger partial charge in [0.2, 0.25) is 0 Å². The highest BCUT2D eigenvalue weighted by Crippen LogP contribution is 2.24. The number of rotatable bonds is 3. The van der Waals surface area contributed by atoms with E-state index in [0.29, 0.717) is 0 Å². The third-order valence-corrected chi connectivity index (χ3v) is 3.58. The van der Waals surface area contributed by atoms with Crippen molar-refractivity contribution in [2.24, 2.45) is 5.73 Å². The molecule has 0 spiro atoms. The Balaban J connectivity index is 2.00. The zero-order valence-corrected chi connectivity index (χ0v) is 11.1. The van der Waals surface area contributed by atoms with Crippen molar-refractivity contribution in [1.82, 2.24) is 0 Å². The predicted molar refractivity (Wildman–Crippen MR) is 73.1 cm³/mol. The molecular weight excluding hydrogens is 226 g/mol. The molecule has 0 unspecified atom stereocenters. The molecule has 0 amide bonds. The molecule has 1 fully saturated rings. The van der Waals surface area contributed by atoms with Crippen molar-refractivity contribution in [1.29, 1.82) is 0 Å². The molecule has 1 saturated carbocycles. The monoisotopic (exact) mass is 249 g/mol. The van der Waals surface area contributed by atoms with Crippen molar-refractivity contribution in [2.75, 3.05) is 7.11 Å². The summed E-state index contributed by atoms with van der Waals surface area (Å²) < 4.78 is 11.2. The predicted octanol–water partition coefficient (Wildman–Crippen LogP) is 3.12. The van der Waals surface area contributed by atoms with Crippen LogP contribution in [-0.2, 0) is 0 Å². The lowest BCUT2D eigenvalue weighted by molar-refractivity contribution is 0.144. The highest BCUT2D eigenvalue weighted by atomic mass is 16.5. The molecule has 2 atom stereocenters. The van der Waals surface area contributed by atoms with Crippen LogP contribution in [0, 0.1) is 0 Å². The summed E-state index contributed by atoms with van der Waals surface area (Å²) in [6.07, 6.45) is 7.29. The largest absolute Gasteiger partial charge is 0.497 e. The van der Waals surface area contributed by atoms with E-state index in [1.807, 2.05) is 24.3 Å². The van der Waals surface area contributed by atoms with Crippen LogP contribution in [0.4, 0.5) is 0 Å². The summed E-state index contributed by atoms with van der Waals surface area (Å²) >= 11 is 0.